The molecular formula is C15H17N3S. The Morgan fingerprint density at radius 3 is 2.74 bits per heavy atom. The lowest BCUT2D eigenvalue weighted by Gasteiger charge is -2.32. The summed E-state index contributed by atoms with van der Waals surface area (Å²) in [5, 5.41) is 13.2. The van der Waals surface area contributed by atoms with E-state index >= 15 is 0 Å². The highest BCUT2D eigenvalue weighted by molar-refractivity contribution is 7.08. The van der Waals surface area contributed by atoms with Crippen LogP contribution in [0.3, 0.4) is 0 Å². The molecule has 4 heteroatoms. The molecule has 2 atom stereocenters. The Hall–Kier alpha value is -1.83. The van der Waals surface area contributed by atoms with Gasteiger partial charge in [0.05, 0.1) is 17.7 Å². The zero-order valence-corrected chi connectivity index (χ0v) is 11.9. The van der Waals surface area contributed by atoms with Crippen molar-refractivity contribution in [1.82, 2.24) is 0 Å². The van der Waals surface area contributed by atoms with E-state index in [0.29, 0.717) is 5.56 Å². The molecule has 2 N–H and O–H groups in total. The molecule has 2 rings (SSSR count). The Kier molecular flexibility index (Phi) is 4.20. The summed E-state index contributed by atoms with van der Waals surface area (Å²) in [7, 11) is 2.02. The fourth-order valence-electron chi connectivity index (χ4n) is 2.28. The third-order valence-electron chi connectivity index (χ3n) is 3.18. The molecule has 1 aromatic heterocycles. The van der Waals surface area contributed by atoms with Crippen molar-refractivity contribution >= 4 is 17.0 Å². The van der Waals surface area contributed by atoms with Crippen LogP contribution >= 0.6 is 11.3 Å². The van der Waals surface area contributed by atoms with Crippen LogP contribution in [0.2, 0.25) is 0 Å². The Morgan fingerprint density at radius 1 is 1.37 bits per heavy atom. The minimum absolute atomic E-state index is 0.00495. The molecule has 1 heterocycles. The summed E-state index contributed by atoms with van der Waals surface area (Å²) in [6.07, 6.45) is 0. The minimum atomic E-state index is 0.00495. The van der Waals surface area contributed by atoms with Gasteiger partial charge in [-0.1, -0.05) is 6.07 Å². The smallest absolute Gasteiger partial charge is 0.0992 e. The Bertz CT molecular complexity index is 569. The van der Waals surface area contributed by atoms with Gasteiger partial charge in [0.15, 0.2) is 0 Å². The summed E-state index contributed by atoms with van der Waals surface area (Å²) in [6, 6.07) is 12.0. The maximum atomic E-state index is 8.98. The van der Waals surface area contributed by atoms with Gasteiger partial charge in [0.25, 0.3) is 0 Å². The summed E-state index contributed by atoms with van der Waals surface area (Å²) in [6.45, 7) is 2.01. The average molecular weight is 271 g/mol. The minimum Gasteiger partial charge on any atom is -0.366 e. The SMILES string of the molecule is CC(N)C(c1ccsc1)N(C)c1cccc(C#N)c1. The molecule has 2 aromatic rings. The van der Waals surface area contributed by atoms with Crippen molar-refractivity contribution in [3.8, 4) is 6.07 Å². The molecule has 0 spiro atoms. The highest BCUT2D eigenvalue weighted by atomic mass is 32.1. The van der Waals surface area contributed by atoms with Crippen molar-refractivity contribution < 1.29 is 0 Å². The van der Waals surface area contributed by atoms with Gasteiger partial charge in [-0.25, -0.2) is 0 Å². The fourth-order valence-corrected chi connectivity index (χ4v) is 2.97. The largest absolute Gasteiger partial charge is 0.366 e. The van der Waals surface area contributed by atoms with Gasteiger partial charge in [-0.2, -0.15) is 16.6 Å². The first-order chi connectivity index (χ1) is 9.13. The predicted molar refractivity (Wildman–Crippen MR) is 80.3 cm³/mol. The highest BCUT2D eigenvalue weighted by Gasteiger charge is 2.22. The fraction of sp³-hybridized carbons (Fsp3) is 0.267. The maximum Gasteiger partial charge on any atom is 0.0992 e. The van der Waals surface area contributed by atoms with E-state index in [2.05, 4.69) is 27.8 Å². The maximum absolute atomic E-state index is 8.98. The Balaban J connectivity index is 2.34. The zero-order chi connectivity index (χ0) is 13.8. The molecule has 0 amide bonds. The van der Waals surface area contributed by atoms with E-state index in [1.54, 1.807) is 11.3 Å². The molecule has 2 unspecified atom stereocenters. The van der Waals surface area contributed by atoms with E-state index in [1.165, 1.54) is 5.56 Å². The van der Waals surface area contributed by atoms with Crippen LogP contribution in [0.25, 0.3) is 0 Å². The van der Waals surface area contributed by atoms with E-state index in [-0.39, 0.29) is 12.1 Å². The first kappa shape index (κ1) is 13.6. The molecule has 0 saturated carbocycles. The summed E-state index contributed by atoms with van der Waals surface area (Å²) in [4.78, 5) is 2.13. The van der Waals surface area contributed by atoms with Crippen LogP contribution in [0.5, 0.6) is 0 Å². The molecule has 0 saturated heterocycles. The third kappa shape index (κ3) is 2.95. The number of benzene rings is 1. The molecule has 0 bridgehead atoms. The van der Waals surface area contributed by atoms with Crippen molar-refractivity contribution in [2.75, 3.05) is 11.9 Å². The first-order valence-corrected chi connectivity index (χ1v) is 7.08. The molecule has 0 aliphatic carbocycles. The molecule has 0 fully saturated rings. The topological polar surface area (TPSA) is 53.0 Å². The van der Waals surface area contributed by atoms with Gasteiger partial charge in [0, 0.05) is 18.8 Å². The average Bonchev–Trinajstić information content (AvgIpc) is 2.92. The van der Waals surface area contributed by atoms with Gasteiger partial charge in [0.1, 0.15) is 0 Å². The molecule has 0 aliphatic rings. The number of nitrogens with two attached hydrogens (primary N) is 1. The van der Waals surface area contributed by atoms with Crippen LogP contribution in [-0.4, -0.2) is 13.1 Å². The molecule has 98 valence electrons. The van der Waals surface area contributed by atoms with E-state index in [1.807, 2.05) is 38.2 Å². The Morgan fingerprint density at radius 2 is 2.16 bits per heavy atom. The lowest BCUT2D eigenvalue weighted by atomic mass is 10.0. The van der Waals surface area contributed by atoms with Crippen LogP contribution in [0.4, 0.5) is 5.69 Å². The molecular weight excluding hydrogens is 254 g/mol. The number of rotatable bonds is 4. The lowest BCUT2D eigenvalue weighted by Crippen LogP contribution is -2.37. The predicted octanol–water partition coefficient (Wildman–Crippen LogP) is 3.14. The number of thiophene rings is 1. The number of hydrogen-bond acceptors (Lipinski definition) is 4. The van der Waals surface area contributed by atoms with Crippen LogP contribution in [0.1, 0.15) is 24.1 Å². The summed E-state index contributed by atoms with van der Waals surface area (Å²) in [5.41, 5.74) is 9.02. The van der Waals surface area contributed by atoms with Crippen LogP contribution in [-0.2, 0) is 0 Å². The number of likely N-dealkylation sites (N-methyl/N-ethyl adjacent to an activating group) is 1. The second kappa shape index (κ2) is 5.87. The van der Waals surface area contributed by atoms with Crippen molar-refractivity contribution in [2.45, 2.75) is 19.0 Å². The van der Waals surface area contributed by atoms with E-state index < -0.39 is 0 Å². The second-order valence-corrected chi connectivity index (χ2v) is 5.41. The first-order valence-electron chi connectivity index (χ1n) is 6.14. The van der Waals surface area contributed by atoms with E-state index in [9.17, 15) is 0 Å². The van der Waals surface area contributed by atoms with Crippen molar-refractivity contribution in [1.29, 1.82) is 5.26 Å². The monoisotopic (exact) mass is 271 g/mol. The summed E-state index contributed by atoms with van der Waals surface area (Å²) >= 11 is 1.67. The van der Waals surface area contributed by atoms with Gasteiger partial charge in [-0.15, -0.1) is 0 Å². The highest BCUT2D eigenvalue weighted by Crippen LogP contribution is 2.29. The van der Waals surface area contributed by atoms with Gasteiger partial charge < -0.3 is 10.6 Å². The van der Waals surface area contributed by atoms with Crippen molar-refractivity contribution in [2.24, 2.45) is 5.73 Å². The van der Waals surface area contributed by atoms with E-state index in [4.69, 9.17) is 11.0 Å². The third-order valence-corrected chi connectivity index (χ3v) is 3.88. The van der Waals surface area contributed by atoms with Gasteiger partial charge in [-0.05, 0) is 47.5 Å². The Labute approximate surface area is 117 Å². The van der Waals surface area contributed by atoms with Crippen molar-refractivity contribution in [3.05, 3.63) is 52.2 Å². The number of nitriles is 1. The van der Waals surface area contributed by atoms with Gasteiger partial charge in [-0.3, -0.25) is 0 Å². The quantitative estimate of drug-likeness (QED) is 0.929. The van der Waals surface area contributed by atoms with E-state index in [0.717, 1.165) is 5.69 Å². The van der Waals surface area contributed by atoms with Gasteiger partial charge in [0.2, 0.25) is 0 Å². The van der Waals surface area contributed by atoms with Crippen LogP contribution in [0, 0.1) is 11.3 Å². The van der Waals surface area contributed by atoms with Gasteiger partial charge >= 0.3 is 0 Å². The standard InChI is InChI=1S/C15H17N3S/c1-11(17)15(13-6-7-19-10-13)18(2)14-5-3-4-12(8-14)9-16/h3-8,10-11,15H,17H2,1-2H3. The van der Waals surface area contributed by atoms with Crippen LogP contribution in [0.15, 0.2) is 41.1 Å². The lowest BCUT2D eigenvalue weighted by molar-refractivity contribution is 0.560. The molecule has 1 aromatic carbocycles. The number of anilines is 1. The summed E-state index contributed by atoms with van der Waals surface area (Å²) < 4.78 is 0. The zero-order valence-electron chi connectivity index (χ0n) is 11.1. The van der Waals surface area contributed by atoms with Crippen molar-refractivity contribution in [3.63, 3.8) is 0 Å². The number of nitrogens with zero attached hydrogens (tertiary/aromatic N) is 2. The number of hydrogen-bond donors (Lipinski definition) is 1. The molecule has 0 aliphatic heterocycles. The second-order valence-electron chi connectivity index (χ2n) is 4.63. The normalized spacial score (nSPS) is 13.6. The molecule has 3 nitrogen and oxygen atoms in total. The van der Waals surface area contributed by atoms with Crippen LogP contribution < -0.4 is 10.6 Å². The summed E-state index contributed by atoms with van der Waals surface area (Å²) in [5.74, 6) is 0. The molecule has 0 radical (unpaired) electrons. The molecule has 19 heavy (non-hydrogen) atoms.